The first kappa shape index (κ1) is 23.7. The molecule has 0 aliphatic rings. The molecule has 0 radical (unpaired) electrons. The fraction of sp³-hybridized carbons (Fsp3) is 0.143. The molecule has 0 saturated carbocycles. The third-order valence-electron chi connectivity index (χ3n) is 4.95. The summed E-state index contributed by atoms with van der Waals surface area (Å²) in [6.45, 7) is 10.6. The van der Waals surface area contributed by atoms with E-state index in [2.05, 4.69) is 13.2 Å². The summed E-state index contributed by atoms with van der Waals surface area (Å²) in [6, 6.07) is 19.4. The van der Waals surface area contributed by atoms with Crippen LogP contribution in [0.4, 0.5) is 4.39 Å². The van der Waals surface area contributed by atoms with E-state index in [4.69, 9.17) is 9.47 Å². The van der Waals surface area contributed by atoms with E-state index in [1.165, 1.54) is 6.07 Å². The van der Waals surface area contributed by atoms with Crippen molar-refractivity contribution < 1.29 is 23.5 Å². The van der Waals surface area contributed by atoms with E-state index < -0.39 is 11.9 Å². The normalized spacial score (nSPS) is 10.4. The molecule has 0 saturated heterocycles. The van der Waals surface area contributed by atoms with Crippen molar-refractivity contribution in [2.45, 2.75) is 20.3 Å². The maximum Gasteiger partial charge on any atom is 0.338 e. The van der Waals surface area contributed by atoms with Gasteiger partial charge < -0.3 is 9.47 Å². The summed E-state index contributed by atoms with van der Waals surface area (Å²) in [5.41, 5.74) is 4.45. The fourth-order valence-electron chi connectivity index (χ4n) is 3.07. The maximum absolute atomic E-state index is 14.9. The number of carbonyl (C=O) groups is 2. The van der Waals surface area contributed by atoms with Crippen LogP contribution in [-0.2, 0) is 20.7 Å². The Balaban J connectivity index is 1.68. The zero-order valence-electron chi connectivity index (χ0n) is 18.7. The molecule has 0 aromatic heterocycles. The molecule has 0 atom stereocenters. The van der Waals surface area contributed by atoms with Gasteiger partial charge in [0.15, 0.2) is 0 Å². The zero-order valence-corrected chi connectivity index (χ0v) is 18.7. The van der Waals surface area contributed by atoms with Gasteiger partial charge in [-0.25, -0.2) is 14.0 Å². The van der Waals surface area contributed by atoms with Crippen LogP contribution in [0.1, 0.15) is 19.4 Å². The first-order chi connectivity index (χ1) is 15.7. The number of hydrogen-bond donors (Lipinski definition) is 0. The molecular weight excluding hydrogens is 419 g/mol. The average Bonchev–Trinajstić information content (AvgIpc) is 2.80. The van der Waals surface area contributed by atoms with Crippen molar-refractivity contribution in [3.8, 4) is 28.0 Å². The molecule has 168 valence electrons. The molecule has 5 heteroatoms. The second-order valence-electron chi connectivity index (χ2n) is 7.75. The van der Waals surface area contributed by atoms with Crippen LogP contribution < -0.4 is 4.74 Å². The molecule has 33 heavy (non-hydrogen) atoms. The van der Waals surface area contributed by atoms with Crippen LogP contribution in [0, 0.1) is 5.82 Å². The fourth-order valence-corrected chi connectivity index (χ4v) is 3.07. The van der Waals surface area contributed by atoms with Gasteiger partial charge in [-0.1, -0.05) is 61.7 Å². The molecule has 0 fully saturated rings. The molecule has 3 aromatic carbocycles. The summed E-state index contributed by atoms with van der Waals surface area (Å²) < 4.78 is 25.2. The zero-order chi connectivity index (χ0) is 24.0. The molecule has 0 bridgehead atoms. The maximum atomic E-state index is 14.9. The SMILES string of the molecule is C=C(C)C(=O)OCCc1ccc(-c2ccc(-c3ccc(OC(=O)C(=C)C)cc3)c(F)c2)cc1. The van der Waals surface area contributed by atoms with Gasteiger partial charge in [-0.15, -0.1) is 0 Å². The summed E-state index contributed by atoms with van der Waals surface area (Å²) in [5.74, 6) is -0.880. The minimum absolute atomic E-state index is 0.277. The molecule has 0 unspecified atom stereocenters. The lowest BCUT2D eigenvalue weighted by atomic mass is 9.98. The third kappa shape index (κ3) is 6.26. The molecule has 0 amide bonds. The van der Waals surface area contributed by atoms with Crippen LogP contribution in [0.25, 0.3) is 22.3 Å². The summed E-state index contributed by atoms with van der Waals surface area (Å²) in [7, 11) is 0. The van der Waals surface area contributed by atoms with E-state index in [9.17, 15) is 14.0 Å². The van der Waals surface area contributed by atoms with E-state index in [0.717, 1.165) is 16.7 Å². The molecule has 3 aromatic rings. The van der Waals surface area contributed by atoms with Gasteiger partial charge in [0, 0.05) is 23.1 Å². The summed E-state index contributed by atoms with van der Waals surface area (Å²) in [6.07, 6.45) is 0.588. The number of halogens is 1. The lowest BCUT2D eigenvalue weighted by Crippen LogP contribution is -2.07. The van der Waals surface area contributed by atoms with E-state index >= 15 is 0 Å². The van der Waals surface area contributed by atoms with E-state index in [1.54, 1.807) is 44.2 Å². The highest BCUT2D eigenvalue weighted by atomic mass is 19.1. The molecule has 0 aliphatic heterocycles. The Morgan fingerprint density at radius 3 is 1.94 bits per heavy atom. The Morgan fingerprint density at radius 1 is 0.788 bits per heavy atom. The second kappa shape index (κ2) is 10.6. The van der Waals surface area contributed by atoms with Gasteiger partial charge in [-0.3, -0.25) is 0 Å². The monoisotopic (exact) mass is 444 g/mol. The Morgan fingerprint density at radius 2 is 1.36 bits per heavy atom. The first-order valence-electron chi connectivity index (χ1n) is 10.4. The minimum atomic E-state index is -0.503. The van der Waals surface area contributed by atoms with Crippen molar-refractivity contribution in [2.24, 2.45) is 0 Å². The van der Waals surface area contributed by atoms with Gasteiger partial charge in [-0.2, -0.15) is 0 Å². The van der Waals surface area contributed by atoms with Crippen molar-refractivity contribution in [3.63, 3.8) is 0 Å². The number of carbonyl (C=O) groups excluding carboxylic acids is 2. The molecule has 4 nitrogen and oxygen atoms in total. The lowest BCUT2D eigenvalue weighted by molar-refractivity contribution is -0.138. The van der Waals surface area contributed by atoms with E-state index in [1.807, 2.05) is 30.3 Å². The Labute approximate surface area is 193 Å². The van der Waals surface area contributed by atoms with Crippen LogP contribution in [0.2, 0.25) is 0 Å². The van der Waals surface area contributed by atoms with E-state index in [0.29, 0.717) is 34.4 Å². The average molecular weight is 445 g/mol. The summed E-state index contributed by atoms with van der Waals surface area (Å²) in [4.78, 5) is 23.1. The van der Waals surface area contributed by atoms with Gasteiger partial charge >= 0.3 is 11.9 Å². The van der Waals surface area contributed by atoms with Gasteiger partial charge in [0.1, 0.15) is 11.6 Å². The highest BCUT2D eigenvalue weighted by molar-refractivity contribution is 5.89. The van der Waals surface area contributed by atoms with Crippen molar-refractivity contribution >= 4 is 11.9 Å². The first-order valence-corrected chi connectivity index (χ1v) is 10.4. The standard InChI is InChI=1S/C28H25FO4/c1-18(2)27(30)32-16-15-20-5-7-21(8-6-20)23-11-14-25(26(29)17-23)22-9-12-24(13-10-22)33-28(31)19(3)4/h5-14,17H,1,3,15-16H2,2,4H3. The smallest absolute Gasteiger partial charge is 0.338 e. The molecular formula is C28H25FO4. The van der Waals surface area contributed by atoms with Crippen molar-refractivity contribution in [1.29, 1.82) is 0 Å². The molecule has 0 spiro atoms. The van der Waals surface area contributed by atoms with Crippen LogP contribution in [0.3, 0.4) is 0 Å². The number of benzene rings is 3. The largest absolute Gasteiger partial charge is 0.462 e. The molecule has 0 heterocycles. The van der Waals surface area contributed by atoms with Gasteiger partial charge in [0.05, 0.1) is 6.61 Å². The van der Waals surface area contributed by atoms with Crippen molar-refractivity contribution in [1.82, 2.24) is 0 Å². The van der Waals surface area contributed by atoms with Crippen molar-refractivity contribution in [3.05, 3.63) is 102 Å². The van der Waals surface area contributed by atoms with E-state index in [-0.39, 0.29) is 12.4 Å². The van der Waals surface area contributed by atoms with Crippen LogP contribution in [-0.4, -0.2) is 18.5 Å². The minimum Gasteiger partial charge on any atom is -0.462 e. The predicted octanol–water partition coefficient (Wildman–Crippen LogP) is 6.30. The number of hydrogen-bond acceptors (Lipinski definition) is 4. The molecule has 3 rings (SSSR count). The number of esters is 2. The highest BCUT2D eigenvalue weighted by Crippen LogP contribution is 2.29. The second-order valence-corrected chi connectivity index (χ2v) is 7.75. The quantitative estimate of drug-likeness (QED) is 0.232. The topological polar surface area (TPSA) is 52.6 Å². The number of ether oxygens (including phenoxy) is 2. The van der Waals surface area contributed by atoms with Gasteiger partial charge in [0.2, 0.25) is 0 Å². The predicted molar refractivity (Wildman–Crippen MR) is 127 cm³/mol. The van der Waals surface area contributed by atoms with Crippen LogP contribution in [0.15, 0.2) is 91.0 Å². The summed E-state index contributed by atoms with van der Waals surface area (Å²) >= 11 is 0. The Kier molecular flexibility index (Phi) is 7.57. The highest BCUT2D eigenvalue weighted by Gasteiger charge is 2.10. The van der Waals surface area contributed by atoms with Crippen molar-refractivity contribution in [2.75, 3.05) is 6.61 Å². The van der Waals surface area contributed by atoms with Gasteiger partial charge in [-0.05, 0) is 54.3 Å². The summed E-state index contributed by atoms with van der Waals surface area (Å²) in [5, 5.41) is 0. The van der Waals surface area contributed by atoms with Crippen LogP contribution in [0.5, 0.6) is 5.75 Å². The molecule has 0 aliphatic carbocycles. The number of rotatable bonds is 8. The Bertz CT molecular complexity index is 1190. The van der Waals surface area contributed by atoms with Crippen LogP contribution >= 0.6 is 0 Å². The molecule has 0 N–H and O–H groups in total. The lowest BCUT2D eigenvalue weighted by Gasteiger charge is -2.09. The Hall–Kier alpha value is -3.99. The van der Waals surface area contributed by atoms with Gasteiger partial charge in [0.25, 0.3) is 0 Å². The third-order valence-corrected chi connectivity index (χ3v) is 4.95.